The van der Waals surface area contributed by atoms with Gasteiger partial charge in [-0.15, -0.1) is 0 Å². The van der Waals surface area contributed by atoms with Crippen LogP contribution in [-0.4, -0.2) is 55.7 Å². The molecule has 2 unspecified atom stereocenters. The Morgan fingerprint density at radius 3 is 2.67 bits per heavy atom. The van der Waals surface area contributed by atoms with E-state index in [9.17, 15) is 13.5 Å². The van der Waals surface area contributed by atoms with Gasteiger partial charge in [0, 0.05) is 18.8 Å². The van der Waals surface area contributed by atoms with Crippen molar-refractivity contribution in [1.29, 1.82) is 0 Å². The van der Waals surface area contributed by atoms with Crippen LogP contribution in [0.2, 0.25) is 0 Å². The number of sulfone groups is 1. The van der Waals surface area contributed by atoms with Gasteiger partial charge in [0.15, 0.2) is 9.84 Å². The lowest BCUT2D eigenvalue weighted by molar-refractivity contribution is 0.0319. The average Bonchev–Trinajstić information content (AvgIpc) is 2.20. The van der Waals surface area contributed by atoms with Crippen molar-refractivity contribution in [3.8, 4) is 0 Å². The number of β-amino-alcohol motifs (C(OH)–C–C–N with tert-alkyl or cyclic N) is 1. The highest BCUT2D eigenvalue weighted by Crippen LogP contribution is 2.16. The Balaban J connectivity index is 2.35. The molecule has 0 aromatic heterocycles. The quantitative estimate of drug-likeness (QED) is 0.752. The van der Waals surface area contributed by atoms with Crippen molar-refractivity contribution in [1.82, 2.24) is 4.90 Å². The minimum atomic E-state index is -2.87. The summed E-state index contributed by atoms with van der Waals surface area (Å²) >= 11 is 0. The Morgan fingerprint density at radius 2 is 2.13 bits per heavy atom. The summed E-state index contributed by atoms with van der Waals surface area (Å²) in [5.74, 6) is 0.758. The van der Waals surface area contributed by atoms with E-state index in [1.165, 1.54) is 0 Å². The number of hydrogen-bond donors (Lipinski definition) is 1. The lowest BCUT2D eigenvalue weighted by Gasteiger charge is -2.34. The summed E-state index contributed by atoms with van der Waals surface area (Å²) in [6.07, 6.45) is 0.649. The molecule has 0 aromatic carbocycles. The maximum Gasteiger partial charge on any atom is 0.151 e. The lowest BCUT2D eigenvalue weighted by Crippen LogP contribution is -2.44. The van der Waals surface area contributed by atoms with Crippen LogP contribution in [0.25, 0.3) is 0 Å². The van der Waals surface area contributed by atoms with E-state index in [4.69, 9.17) is 0 Å². The van der Waals surface area contributed by atoms with E-state index in [1.54, 1.807) is 6.92 Å². The molecule has 4 nitrogen and oxygen atoms in total. The molecule has 1 fully saturated rings. The van der Waals surface area contributed by atoms with Crippen molar-refractivity contribution in [3.63, 3.8) is 0 Å². The zero-order chi connectivity index (χ0) is 11.5. The van der Waals surface area contributed by atoms with Crippen LogP contribution in [0.4, 0.5) is 0 Å². The van der Waals surface area contributed by atoms with Crippen LogP contribution >= 0.6 is 0 Å². The molecule has 1 saturated heterocycles. The highest BCUT2D eigenvalue weighted by atomic mass is 32.2. The van der Waals surface area contributed by atoms with Crippen molar-refractivity contribution in [3.05, 3.63) is 0 Å². The molecule has 1 rings (SSSR count). The third kappa shape index (κ3) is 4.09. The van der Waals surface area contributed by atoms with E-state index in [1.807, 2.05) is 11.8 Å². The molecule has 1 N–H and O–H groups in total. The van der Waals surface area contributed by atoms with Gasteiger partial charge in [-0.2, -0.15) is 0 Å². The maximum atomic E-state index is 11.3. The van der Waals surface area contributed by atoms with Gasteiger partial charge in [0.25, 0.3) is 0 Å². The molecule has 0 spiro atoms. The average molecular weight is 235 g/mol. The second-order valence-electron chi connectivity index (χ2n) is 4.37. The molecule has 0 aliphatic carbocycles. The van der Waals surface area contributed by atoms with E-state index in [0.717, 1.165) is 13.0 Å². The monoisotopic (exact) mass is 235 g/mol. The summed E-state index contributed by atoms with van der Waals surface area (Å²) in [5, 5.41) is 9.64. The van der Waals surface area contributed by atoms with Crippen molar-refractivity contribution in [2.75, 3.05) is 31.1 Å². The van der Waals surface area contributed by atoms with Crippen LogP contribution < -0.4 is 0 Å². The summed E-state index contributed by atoms with van der Waals surface area (Å²) in [5.41, 5.74) is 0. The van der Waals surface area contributed by atoms with Crippen LogP contribution in [0.1, 0.15) is 20.3 Å². The van der Waals surface area contributed by atoms with Crippen LogP contribution in [0.5, 0.6) is 0 Å². The fourth-order valence-corrected chi connectivity index (χ4v) is 2.56. The van der Waals surface area contributed by atoms with E-state index < -0.39 is 9.84 Å². The Labute approximate surface area is 92.2 Å². The van der Waals surface area contributed by atoms with Gasteiger partial charge in [0.05, 0.1) is 11.9 Å². The number of likely N-dealkylation sites (tertiary alicyclic amines) is 1. The number of aliphatic hydroxyl groups is 1. The Bertz CT molecular complexity index is 289. The second-order valence-corrected chi connectivity index (χ2v) is 6.84. The molecule has 90 valence electrons. The molecule has 1 heterocycles. The van der Waals surface area contributed by atoms with Gasteiger partial charge in [0.2, 0.25) is 0 Å². The topological polar surface area (TPSA) is 57.6 Å². The van der Waals surface area contributed by atoms with Crippen molar-refractivity contribution in [2.24, 2.45) is 5.92 Å². The number of aliphatic hydroxyl groups excluding tert-OH is 1. The Hall–Kier alpha value is -0.130. The number of rotatable bonds is 4. The normalized spacial score (nSPS) is 29.3. The predicted molar refractivity (Wildman–Crippen MR) is 60.6 cm³/mol. The van der Waals surface area contributed by atoms with E-state index in [-0.39, 0.29) is 17.6 Å². The third-order valence-electron chi connectivity index (χ3n) is 3.16. The zero-order valence-corrected chi connectivity index (χ0v) is 10.3. The molecule has 0 amide bonds. The van der Waals surface area contributed by atoms with Gasteiger partial charge in [0.1, 0.15) is 0 Å². The second kappa shape index (κ2) is 5.27. The predicted octanol–water partition coefficient (Wildman–Crippen LogP) is 0.124. The minimum absolute atomic E-state index is 0.208. The molecule has 1 aliphatic rings. The molecule has 0 radical (unpaired) electrons. The third-order valence-corrected chi connectivity index (χ3v) is 4.85. The van der Waals surface area contributed by atoms with Crippen molar-refractivity contribution >= 4 is 9.84 Å². The SMILES string of the molecule is CCS(=O)(=O)CCN1CCC(C)C(O)C1. The molecule has 0 bridgehead atoms. The van der Waals surface area contributed by atoms with Gasteiger partial charge in [-0.25, -0.2) is 8.42 Å². The first kappa shape index (κ1) is 12.9. The summed E-state index contributed by atoms with van der Waals surface area (Å²) in [6.45, 7) is 5.77. The van der Waals surface area contributed by atoms with Crippen LogP contribution in [-0.2, 0) is 9.84 Å². The van der Waals surface area contributed by atoms with Crippen LogP contribution in [0.15, 0.2) is 0 Å². The van der Waals surface area contributed by atoms with Crippen molar-refractivity contribution < 1.29 is 13.5 Å². The van der Waals surface area contributed by atoms with Crippen LogP contribution in [0, 0.1) is 5.92 Å². The Morgan fingerprint density at radius 1 is 1.47 bits per heavy atom. The molecular weight excluding hydrogens is 214 g/mol. The number of nitrogens with zero attached hydrogens (tertiary/aromatic N) is 1. The largest absolute Gasteiger partial charge is 0.392 e. The van der Waals surface area contributed by atoms with E-state index in [2.05, 4.69) is 0 Å². The lowest BCUT2D eigenvalue weighted by atomic mass is 9.96. The highest BCUT2D eigenvalue weighted by Gasteiger charge is 2.24. The molecular formula is C10H21NO3S. The molecule has 5 heteroatoms. The highest BCUT2D eigenvalue weighted by molar-refractivity contribution is 7.91. The molecule has 0 aromatic rings. The summed E-state index contributed by atoms with van der Waals surface area (Å²) in [7, 11) is -2.87. The number of hydrogen-bond acceptors (Lipinski definition) is 4. The van der Waals surface area contributed by atoms with E-state index in [0.29, 0.717) is 19.0 Å². The van der Waals surface area contributed by atoms with Gasteiger partial charge in [-0.1, -0.05) is 13.8 Å². The minimum Gasteiger partial charge on any atom is -0.392 e. The van der Waals surface area contributed by atoms with Gasteiger partial charge in [-0.3, -0.25) is 4.90 Å². The number of piperidine rings is 1. The van der Waals surface area contributed by atoms with Gasteiger partial charge < -0.3 is 5.11 Å². The van der Waals surface area contributed by atoms with Crippen molar-refractivity contribution in [2.45, 2.75) is 26.4 Å². The van der Waals surface area contributed by atoms with E-state index >= 15 is 0 Å². The molecule has 2 atom stereocenters. The first-order chi connectivity index (χ1) is 6.94. The zero-order valence-electron chi connectivity index (χ0n) is 9.52. The maximum absolute atomic E-state index is 11.3. The van der Waals surface area contributed by atoms with Gasteiger partial charge in [-0.05, 0) is 18.9 Å². The summed E-state index contributed by atoms with van der Waals surface area (Å²) in [4.78, 5) is 2.04. The summed E-state index contributed by atoms with van der Waals surface area (Å²) < 4.78 is 22.6. The van der Waals surface area contributed by atoms with Crippen LogP contribution in [0.3, 0.4) is 0 Å². The van der Waals surface area contributed by atoms with Gasteiger partial charge >= 0.3 is 0 Å². The fraction of sp³-hybridized carbons (Fsp3) is 1.00. The summed E-state index contributed by atoms with van der Waals surface area (Å²) in [6, 6.07) is 0. The smallest absolute Gasteiger partial charge is 0.151 e. The fourth-order valence-electron chi connectivity index (χ4n) is 1.73. The Kier molecular flexibility index (Phi) is 4.55. The first-order valence-electron chi connectivity index (χ1n) is 5.55. The standard InChI is InChI=1S/C10H21NO3S/c1-3-15(13,14)7-6-11-5-4-9(2)10(12)8-11/h9-10,12H,3-8H2,1-2H3. The molecule has 1 aliphatic heterocycles. The first-order valence-corrected chi connectivity index (χ1v) is 7.37. The molecule has 0 saturated carbocycles. The molecule has 15 heavy (non-hydrogen) atoms.